The van der Waals surface area contributed by atoms with Gasteiger partial charge in [0.1, 0.15) is 17.5 Å². The number of piperazine rings is 1. The Bertz CT molecular complexity index is 1250. The molecule has 2 fully saturated rings. The molecule has 2 aliphatic heterocycles. The van der Waals surface area contributed by atoms with Crippen molar-refractivity contribution in [3.05, 3.63) is 59.4 Å². The van der Waals surface area contributed by atoms with Gasteiger partial charge in [0.2, 0.25) is 5.95 Å². The fraction of sp³-hybridized carbons (Fsp3) is 0.400. The van der Waals surface area contributed by atoms with Crippen LogP contribution in [0, 0.1) is 18.6 Å². The van der Waals surface area contributed by atoms with Gasteiger partial charge in [0.05, 0.1) is 18.0 Å². The molecule has 1 aromatic carbocycles. The van der Waals surface area contributed by atoms with Gasteiger partial charge in [0, 0.05) is 68.7 Å². The van der Waals surface area contributed by atoms with Crippen LogP contribution < -0.4 is 15.5 Å². The summed E-state index contributed by atoms with van der Waals surface area (Å²) >= 11 is 0. The highest BCUT2D eigenvalue weighted by Gasteiger charge is 2.27. The van der Waals surface area contributed by atoms with Gasteiger partial charge < -0.3 is 20.6 Å². The summed E-state index contributed by atoms with van der Waals surface area (Å²) in [5.41, 5.74) is 8.40. The van der Waals surface area contributed by atoms with Gasteiger partial charge in [0.25, 0.3) is 0 Å². The lowest BCUT2D eigenvalue weighted by Crippen LogP contribution is -2.51. The first-order chi connectivity index (χ1) is 17.3. The fourth-order valence-electron chi connectivity index (χ4n) is 4.71. The van der Waals surface area contributed by atoms with Crippen molar-refractivity contribution in [3.63, 3.8) is 0 Å². The third kappa shape index (κ3) is 5.02. The third-order valence-electron chi connectivity index (χ3n) is 6.78. The zero-order valence-electron chi connectivity index (χ0n) is 20.3. The van der Waals surface area contributed by atoms with E-state index in [1.54, 1.807) is 10.9 Å². The zero-order valence-corrected chi connectivity index (χ0v) is 20.3. The fourth-order valence-corrected chi connectivity index (χ4v) is 4.71. The van der Waals surface area contributed by atoms with Crippen molar-refractivity contribution in [2.75, 3.05) is 54.8 Å². The summed E-state index contributed by atoms with van der Waals surface area (Å²) in [6, 6.07) is 5.70. The van der Waals surface area contributed by atoms with Crippen LogP contribution in [0.5, 0.6) is 0 Å². The van der Waals surface area contributed by atoms with Gasteiger partial charge in [-0.3, -0.25) is 4.90 Å². The maximum atomic E-state index is 13.6. The van der Waals surface area contributed by atoms with Crippen LogP contribution in [-0.2, 0) is 0 Å². The number of nitrogens with zero attached hydrogens (tertiary/aromatic N) is 7. The highest BCUT2D eigenvalue weighted by atomic mass is 19.1. The van der Waals surface area contributed by atoms with Crippen LogP contribution in [-0.4, -0.2) is 81.2 Å². The second kappa shape index (κ2) is 9.82. The second-order valence-electron chi connectivity index (χ2n) is 9.42. The standard InChI is InChI=1S/C25H30F2N8O/c1-16-13-33(21-9-19(26)8-20(27)10-21)7-6-32(16)5-3-4-18-12-29-35(17(18)2)24-11-23(30-25(28)31-24)34-14-22(36)15-34/h3-4,8-12,16,22,36H,5-7,13-15H2,1-2H3,(H2,28,30,31)/b4-3+/t16-/m1/s1. The number of nitrogens with two attached hydrogens (primary N) is 1. The summed E-state index contributed by atoms with van der Waals surface area (Å²) in [6.07, 6.45) is 5.58. The topological polar surface area (TPSA) is 99.6 Å². The zero-order chi connectivity index (χ0) is 25.4. The molecule has 3 N–H and O–H groups in total. The van der Waals surface area contributed by atoms with E-state index in [2.05, 4.69) is 33.0 Å². The first-order valence-corrected chi connectivity index (χ1v) is 12.0. The predicted octanol–water partition coefficient (Wildman–Crippen LogP) is 2.24. The first kappa shape index (κ1) is 24.1. The highest BCUT2D eigenvalue weighted by Crippen LogP contribution is 2.24. The molecule has 0 aliphatic carbocycles. The monoisotopic (exact) mass is 496 g/mol. The van der Waals surface area contributed by atoms with E-state index in [1.807, 2.05) is 28.9 Å². The molecule has 1 atom stereocenters. The van der Waals surface area contributed by atoms with E-state index < -0.39 is 11.6 Å². The van der Waals surface area contributed by atoms with E-state index in [0.29, 0.717) is 43.5 Å². The molecule has 2 saturated heterocycles. The van der Waals surface area contributed by atoms with Crippen LogP contribution >= 0.6 is 0 Å². The Kier molecular flexibility index (Phi) is 6.59. The normalized spacial score (nSPS) is 19.3. The molecule has 0 bridgehead atoms. The summed E-state index contributed by atoms with van der Waals surface area (Å²) in [7, 11) is 0. The van der Waals surface area contributed by atoms with E-state index in [4.69, 9.17) is 5.73 Å². The smallest absolute Gasteiger partial charge is 0.224 e. The Hall–Kier alpha value is -3.57. The van der Waals surface area contributed by atoms with E-state index in [-0.39, 0.29) is 18.1 Å². The van der Waals surface area contributed by atoms with Gasteiger partial charge in [-0.2, -0.15) is 15.1 Å². The van der Waals surface area contributed by atoms with Crippen molar-refractivity contribution in [2.45, 2.75) is 26.0 Å². The molecule has 4 heterocycles. The van der Waals surface area contributed by atoms with Gasteiger partial charge in [-0.25, -0.2) is 13.5 Å². The number of halogens is 2. The molecule has 0 unspecified atom stereocenters. The van der Waals surface area contributed by atoms with Crippen molar-refractivity contribution >= 4 is 23.5 Å². The minimum absolute atomic E-state index is 0.157. The summed E-state index contributed by atoms with van der Waals surface area (Å²) in [5.74, 6) is 0.293. The molecule has 2 aromatic heterocycles. The van der Waals surface area contributed by atoms with Gasteiger partial charge in [-0.05, 0) is 26.0 Å². The average molecular weight is 497 g/mol. The number of hydrogen-bond acceptors (Lipinski definition) is 8. The Morgan fingerprint density at radius 2 is 1.75 bits per heavy atom. The van der Waals surface area contributed by atoms with Gasteiger partial charge in [-0.1, -0.05) is 12.2 Å². The van der Waals surface area contributed by atoms with Gasteiger partial charge >= 0.3 is 0 Å². The molecule has 0 radical (unpaired) electrons. The maximum absolute atomic E-state index is 13.6. The lowest BCUT2D eigenvalue weighted by atomic mass is 10.1. The quantitative estimate of drug-likeness (QED) is 0.536. The third-order valence-corrected chi connectivity index (χ3v) is 6.78. The van der Waals surface area contributed by atoms with E-state index in [0.717, 1.165) is 30.4 Å². The van der Waals surface area contributed by atoms with Crippen LogP contribution in [0.25, 0.3) is 11.9 Å². The van der Waals surface area contributed by atoms with E-state index in [1.165, 1.54) is 12.1 Å². The molecule has 3 aromatic rings. The Morgan fingerprint density at radius 3 is 2.44 bits per heavy atom. The number of β-amino-alcohol motifs (C(OH)–C–C–N with tert-alkyl or cyclic N) is 1. The molecule has 2 aliphatic rings. The number of aromatic nitrogens is 4. The van der Waals surface area contributed by atoms with Crippen molar-refractivity contribution in [3.8, 4) is 5.82 Å². The van der Waals surface area contributed by atoms with Gasteiger partial charge in [0.15, 0.2) is 5.82 Å². The van der Waals surface area contributed by atoms with Crippen molar-refractivity contribution in [2.24, 2.45) is 0 Å². The van der Waals surface area contributed by atoms with Crippen LogP contribution in [0.3, 0.4) is 0 Å². The lowest BCUT2D eigenvalue weighted by molar-refractivity contribution is 0.141. The Balaban J connectivity index is 1.22. The molecule has 5 rings (SSSR count). The average Bonchev–Trinajstić information content (AvgIpc) is 3.17. The van der Waals surface area contributed by atoms with E-state index >= 15 is 0 Å². The molecular weight excluding hydrogens is 466 g/mol. The maximum Gasteiger partial charge on any atom is 0.224 e. The summed E-state index contributed by atoms with van der Waals surface area (Å²) < 4.78 is 29.0. The number of aliphatic hydroxyl groups is 1. The van der Waals surface area contributed by atoms with Crippen LogP contribution in [0.15, 0.2) is 36.5 Å². The molecule has 11 heteroatoms. The number of rotatable bonds is 6. The predicted molar refractivity (Wildman–Crippen MR) is 135 cm³/mol. The van der Waals surface area contributed by atoms with Crippen LogP contribution in [0.4, 0.5) is 26.2 Å². The molecule has 36 heavy (non-hydrogen) atoms. The number of nitrogen functional groups attached to an aromatic ring is 1. The van der Waals surface area contributed by atoms with Crippen molar-refractivity contribution < 1.29 is 13.9 Å². The van der Waals surface area contributed by atoms with Crippen molar-refractivity contribution in [1.82, 2.24) is 24.6 Å². The molecular formula is C25H30F2N8O. The van der Waals surface area contributed by atoms with Crippen molar-refractivity contribution in [1.29, 1.82) is 0 Å². The molecule has 190 valence electrons. The minimum atomic E-state index is -0.556. The summed E-state index contributed by atoms with van der Waals surface area (Å²) in [4.78, 5) is 14.9. The minimum Gasteiger partial charge on any atom is -0.389 e. The number of hydrogen-bond donors (Lipinski definition) is 2. The molecule has 0 spiro atoms. The van der Waals surface area contributed by atoms with Crippen LogP contribution in [0.2, 0.25) is 0 Å². The summed E-state index contributed by atoms with van der Waals surface area (Å²) in [5, 5.41) is 14.1. The highest BCUT2D eigenvalue weighted by molar-refractivity contribution is 5.55. The molecule has 0 amide bonds. The Morgan fingerprint density at radius 1 is 1.03 bits per heavy atom. The van der Waals surface area contributed by atoms with Crippen LogP contribution in [0.1, 0.15) is 18.2 Å². The number of benzene rings is 1. The van der Waals surface area contributed by atoms with E-state index in [9.17, 15) is 13.9 Å². The largest absolute Gasteiger partial charge is 0.389 e. The summed E-state index contributed by atoms with van der Waals surface area (Å²) in [6.45, 7) is 8.06. The Labute approximate surface area is 208 Å². The number of aliphatic hydroxyl groups excluding tert-OH is 1. The second-order valence-corrected chi connectivity index (χ2v) is 9.42. The molecule has 9 nitrogen and oxygen atoms in total. The lowest BCUT2D eigenvalue weighted by Gasteiger charge is -2.40. The SMILES string of the molecule is Cc1c(/C=C/CN2CCN(c3cc(F)cc(F)c3)C[C@H]2C)cnn1-c1cc(N2CC(O)C2)nc(N)n1. The number of anilines is 3. The molecule has 0 saturated carbocycles. The van der Waals surface area contributed by atoms with Gasteiger partial charge in [-0.15, -0.1) is 0 Å². The first-order valence-electron chi connectivity index (χ1n) is 12.0.